The van der Waals surface area contributed by atoms with Crippen LogP contribution in [0.2, 0.25) is 10.0 Å². The highest BCUT2D eigenvalue weighted by molar-refractivity contribution is 6.42. The predicted octanol–water partition coefficient (Wildman–Crippen LogP) is 5.24. The van der Waals surface area contributed by atoms with Crippen molar-refractivity contribution in [3.63, 3.8) is 0 Å². The van der Waals surface area contributed by atoms with Gasteiger partial charge in [-0.15, -0.1) is 0 Å². The maximum atomic E-state index is 12.3. The first-order chi connectivity index (χ1) is 13.0. The Morgan fingerprint density at radius 2 is 1.78 bits per heavy atom. The molecule has 0 fully saturated rings. The van der Waals surface area contributed by atoms with Gasteiger partial charge in [-0.2, -0.15) is 0 Å². The van der Waals surface area contributed by atoms with Crippen molar-refractivity contribution in [1.82, 2.24) is 0 Å². The lowest BCUT2D eigenvalue weighted by molar-refractivity contribution is 0.0921. The Balaban J connectivity index is 1.57. The molecule has 0 N–H and O–H groups in total. The van der Waals surface area contributed by atoms with Gasteiger partial charge in [-0.3, -0.25) is 4.79 Å². The SMILES string of the molecule is O=C(COc1ccc2c3c(c(=O)oc2c1)CCCC3)c1ccc(Cl)c(Cl)c1. The number of benzene rings is 2. The molecule has 0 amide bonds. The molecule has 3 aromatic rings. The van der Waals surface area contributed by atoms with Gasteiger partial charge in [0.2, 0.25) is 0 Å². The fourth-order valence-corrected chi connectivity index (χ4v) is 3.72. The standard InChI is InChI=1S/C21H16Cl2O4/c22-17-8-5-12(9-18(17)23)19(24)11-26-13-6-7-15-14-3-1-2-4-16(14)21(25)27-20(15)10-13/h5-10H,1-4,11H2. The number of ketones is 1. The second-order valence-corrected chi connectivity index (χ2v) is 7.37. The van der Waals surface area contributed by atoms with E-state index in [1.165, 1.54) is 6.07 Å². The lowest BCUT2D eigenvalue weighted by atomic mass is 9.91. The molecule has 0 unspecified atom stereocenters. The summed E-state index contributed by atoms with van der Waals surface area (Å²) in [6.45, 7) is -0.154. The zero-order valence-electron chi connectivity index (χ0n) is 14.4. The third-order valence-corrected chi connectivity index (χ3v) is 5.55. The first kappa shape index (κ1) is 18.1. The van der Waals surface area contributed by atoms with Crippen LogP contribution in [-0.2, 0) is 12.8 Å². The van der Waals surface area contributed by atoms with Crippen molar-refractivity contribution in [2.75, 3.05) is 6.61 Å². The monoisotopic (exact) mass is 402 g/mol. The van der Waals surface area contributed by atoms with Crippen molar-refractivity contribution in [3.05, 3.63) is 73.6 Å². The molecule has 0 atom stereocenters. The number of rotatable bonds is 4. The summed E-state index contributed by atoms with van der Waals surface area (Å²) < 4.78 is 11.1. The molecule has 6 heteroatoms. The molecule has 1 aliphatic rings. The van der Waals surface area contributed by atoms with Crippen LogP contribution in [0.3, 0.4) is 0 Å². The molecule has 1 aliphatic carbocycles. The topological polar surface area (TPSA) is 56.5 Å². The average molecular weight is 403 g/mol. The van der Waals surface area contributed by atoms with Crippen molar-refractivity contribution in [2.45, 2.75) is 25.7 Å². The number of carbonyl (C=O) groups excluding carboxylic acids is 1. The molecule has 138 valence electrons. The molecule has 4 rings (SSSR count). The third kappa shape index (κ3) is 3.60. The second kappa shape index (κ2) is 7.37. The van der Waals surface area contributed by atoms with E-state index in [4.69, 9.17) is 32.4 Å². The highest BCUT2D eigenvalue weighted by atomic mass is 35.5. The predicted molar refractivity (Wildman–Crippen MR) is 105 cm³/mol. The van der Waals surface area contributed by atoms with Gasteiger partial charge >= 0.3 is 5.63 Å². The molecule has 1 aromatic heterocycles. The van der Waals surface area contributed by atoms with Crippen LogP contribution in [0.25, 0.3) is 11.0 Å². The minimum absolute atomic E-state index is 0.154. The number of hydrogen-bond acceptors (Lipinski definition) is 4. The van der Waals surface area contributed by atoms with Crippen molar-refractivity contribution < 1.29 is 13.9 Å². The summed E-state index contributed by atoms with van der Waals surface area (Å²) in [6, 6.07) is 10.0. The van der Waals surface area contributed by atoms with Gasteiger partial charge in [-0.1, -0.05) is 23.2 Å². The first-order valence-corrected chi connectivity index (χ1v) is 9.48. The molecule has 0 bridgehead atoms. The Morgan fingerprint density at radius 3 is 2.56 bits per heavy atom. The number of hydrogen-bond donors (Lipinski definition) is 0. The Bertz CT molecular complexity index is 1100. The molecule has 0 saturated carbocycles. The molecule has 4 nitrogen and oxygen atoms in total. The van der Waals surface area contributed by atoms with E-state index in [9.17, 15) is 9.59 Å². The smallest absolute Gasteiger partial charge is 0.339 e. The third-order valence-electron chi connectivity index (χ3n) is 4.81. The quantitative estimate of drug-likeness (QED) is 0.442. The average Bonchev–Trinajstić information content (AvgIpc) is 2.68. The van der Waals surface area contributed by atoms with E-state index in [1.54, 1.807) is 24.3 Å². The Labute approximate surface area is 165 Å². The fourth-order valence-electron chi connectivity index (χ4n) is 3.42. The van der Waals surface area contributed by atoms with Gasteiger partial charge in [0.25, 0.3) is 0 Å². The highest BCUT2D eigenvalue weighted by Crippen LogP contribution is 2.29. The van der Waals surface area contributed by atoms with Gasteiger partial charge in [-0.25, -0.2) is 4.79 Å². The van der Waals surface area contributed by atoms with E-state index >= 15 is 0 Å². The number of carbonyl (C=O) groups is 1. The number of halogens is 2. The Hall–Kier alpha value is -2.30. The molecule has 2 aromatic carbocycles. The molecule has 1 heterocycles. The summed E-state index contributed by atoms with van der Waals surface area (Å²) >= 11 is 11.8. The Kier molecular flexibility index (Phi) is 4.94. The lowest BCUT2D eigenvalue weighted by Gasteiger charge is -2.16. The van der Waals surface area contributed by atoms with E-state index in [2.05, 4.69) is 0 Å². The largest absolute Gasteiger partial charge is 0.485 e. The highest BCUT2D eigenvalue weighted by Gasteiger charge is 2.18. The summed E-state index contributed by atoms with van der Waals surface area (Å²) in [4.78, 5) is 24.5. The van der Waals surface area contributed by atoms with Crippen LogP contribution < -0.4 is 10.4 Å². The zero-order chi connectivity index (χ0) is 19.0. The second-order valence-electron chi connectivity index (χ2n) is 6.55. The number of aryl methyl sites for hydroxylation is 1. The molecule has 0 radical (unpaired) electrons. The molecular formula is C21H16Cl2O4. The van der Waals surface area contributed by atoms with E-state index in [0.717, 1.165) is 42.2 Å². The van der Waals surface area contributed by atoms with Crippen LogP contribution in [-0.4, -0.2) is 12.4 Å². The number of ether oxygens (including phenoxy) is 1. The number of Topliss-reactive ketones (excluding diaryl/α,β-unsaturated/α-hetero) is 1. The minimum Gasteiger partial charge on any atom is -0.485 e. The first-order valence-electron chi connectivity index (χ1n) is 8.72. The summed E-state index contributed by atoms with van der Waals surface area (Å²) in [7, 11) is 0. The van der Waals surface area contributed by atoms with E-state index in [1.807, 2.05) is 6.07 Å². The zero-order valence-corrected chi connectivity index (χ0v) is 15.9. The summed E-state index contributed by atoms with van der Waals surface area (Å²) in [5, 5.41) is 1.65. The van der Waals surface area contributed by atoms with Crippen molar-refractivity contribution in [3.8, 4) is 5.75 Å². The van der Waals surface area contributed by atoms with E-state index in [-0.39, 0.29) is 18.0 Å². The van der Waals surface area contributed by atoms with Crippen molar-refractivity contribution in [2.24, 2.45) is 0 Å². The maximum absolute atomic E-state index is 12.3. The summed E-state index contributed by atoms with van der Waals surface area (Å²) in [5.41, 5.74) is 2.50. The van der Waals surface area contributed by atoms with Gasteiger partial charge in [0.1, 0.15) is 11.3 Å². The van der Waals surface area contributed by atoms with Crippen molar-refractivity contribution >= 4 is 40.0 Å². The van der Waals surface area contributed by atoms with Crippen molar-refractivity contribution in [1.29, 1.82) is 0 Å². The van der Waals surface area contributed by atoms with Crippen LogP contribution in [0.5, 0.6) is 5.75 Å². The molecule has 27 heavy (non-hydrogen) atoms. The van der Waals surface area contributed by atoms with Gasteiger partial charge in [0.15, 0.2) is 12.4 Å². The fraction of sp³-hybridized carbons (Fsp3) is 0.238. The van der Waals surface area contributed by atoms with E-state index in [0.29, 0.717) is 26.9 Å². The molecule has 0 aliphatic heterocycles. The van der Waals surface area contributed by atoms with Crippen LogP contribution in [0.1, 0.15) is 34.3 Å². The normalized spacial score (nSPS) is 13.4. The molecule has 0 spiro atoms. The maximum Gasteiger partial charge on any atom is 0.339 e. The van der Waals surface area contributed by atoms with Gasteiger partial charge < -0.3 is 9.15 Å². The minimum atomic E-state index is -0.277. The molecular weight excluding hydrogens is 387 g/mol. The van der Waals surface area contributed by atoms with Gasteiger partial charge in [-0.05, 0) is 61.6 Å². The summed E-state index contributed by atoms with van der Waals surface area (Å²) in [6.07, 6.45) is 3.74. The summed E-state index contributed by atoms with van der Waals surface area (Å²) in [5.74, 6) is 0.246. The van der Waals surface area contributed by atoms with Gasteiger partial charge in [0, 0.05) is 22.6 Å². The van der Waals surface area contributed by atoms with Crippen LogP contribution >= 0.6 is 23.2 Å². The van der Waals surface area contributed by atoms with Crippen LogP contribution in [0.4, 0.5) is 0 Å². The number of fused-ring (bicyclic) bond motifs is 3. The van der Waals surface area contributed by atoms with E-state index < -0.39 is 0 Å². The van der Waals surface area contributed by atoms with Gasteiger partial charge in [0.05, 0.1) is 10.0 Å². The Morgan fingerprint density at radius 1 is 1.00 bits per heavy atom. The van der Waals surface area contributed by atoms with Crippen LogP contribution in [0, 0.1) is 0 Å². The lowest BCUT2D eigenvalue weighted by Crippen LogP contribution is -2.16. The molecule has 0 saturated heterocycles. The van der Waals surface area contributed by atoms with Crippen LogP contribution in [0.15, 0.2) is 45.6 Å².